The highest BCUT2D eigenvalue weighted by molar-refractivity contribution is 5.97. The normalized spacial score (nSPS) is 14.3. The summed E-state index contributed by atoms with van der Waals surface area (Å²) in [5.41, 5.74) is 2.90. The maximum Gasteiger partial charge on any atom is 0.309 e. The minimum atomic E-state index is -0.720. The van der Waals surface area contributed by atoms with E-state index in [1.807, 2.05) is 42.5 Å². The summed E-state index contributed by atoms with van der Waals surface area (Å²) in [4.78, 5) is 17.9. The Morgan fingerprint density at radius 3 is 2.58 bits per heavy atom. The Bertz CT molecular complexity index is 1280. The molecule has 0 spiro atoms. The van der Waals surface area contributed by atoms with Gasteiger partial charge in [0.2, 0.25) is 5.82 Å². The lowest BCUT2D eigenvalue weighted by atomic mass is 9.95. The van der Waals surface area contributed by atoms with Gasteiger partial charge in [-0.2, -0.15) is 4.98 Å². The Balaban J connectivity index is 1.39. The predicted octanol–water partition coefficient (Wildman–Crippen LogP) is 4.86. The molecule has 5 rings (SSSR count). The SMILES string of the molecule is CCCOc1ccc(-c2nc(-c3ccc(CN4CC(C(=O)O)C4)c4ccccc34)no2)cc1. The smallest absolute Gasteiger partial charge is 0.309 e. The summed E-state index contributed by atoms with van der Waals surface area (Å²) in [6, 6.07) is 19.9. The minimum absolute atomic E-state index is 0.263. The molecular weight excluding hydrogens is 418 g/mol. The van der Waals surface area contributed by atoms with Crippen LogP contribution in [0.4, 0.5) is 0 Å². The zero-order valence-electron chi connectivity index (χ0n) is 18.4. The van der Waals surface area contributed by atoms with Crippen LogP contribution in [0.1, 0.15) is 18.9 Å². The Kier molecular flexibility index (Phi) is 5.79. The van der Waals surface area contributed by atoms with Crippen molar-refractivity contribution in [3.05, 3.63) is 66.2 Å². The van der Waals surface area contributed by atoms with Crippen LogP contribution >= 0.6 is 0 Å². The van der Waals surface area contributed by atoms with E-state index in [4.69, 9.17) is 14.4 Å². The number of aromatic nitrogens is 2. The number of hydrogen-bond donors (Lipinski definition) is 1. The van der Waals surface area contributed by atoms with E-state index < -0.39 is 5.97 Å². The lowest BCUT2D eigenvalue weighted by molar-refractivity contribution is -0.147. The van der Waals surface area contributed by atoms with E-state index in [-0.39, 0.29) is 5.92 Å². The van der Waals surface area contributed by atoms with Crippen molar-refractivity contribution in [3.8, 4) is 28.6 Å². The number of fused-ring (bicyclic) bond motifs is 1. The number of benzene rings is 3. The fourth-order valence-electron chi connectivity index (χ4n) is 4.15. The van der Waals surface area contributed by atoms with Crippen molar-refractivity contribution in [1.82, 2.24) is 15.0 Å². The molecule has 0 atom stereocenters. The number of carboxylic acids is 1. The zero-order chi connectivity index (χ0) is 22.8. The van der Waals surface area contributed by atoms with Crippen molar-refractivity contribution in [1.29, 1.82) is 0 Å². The molecule has 2 heterocycles. The third-order valence-electron chi connectivity index (χ3n) is 5.96. The van der Waals surface area contributed by atoms with Crippen LogP contribution in [0.15, 0.2) is 65.2 Å². The van der Waals surface area contributed by atoms with Crippen LogP contribution in [0.5, 0.6) is 5.75 Å². The molecule has 1 aliphatic rings. The van der Waals surface area contributed by atoms with Crippen molar-refractivity contribution in [2.24, 2.45) is 5.92 Å². The van der Waals surface area contributed by atoms with Crippen molar-refractivity contribution in [2.45, 2.75) is 19.9 Å². The van der Waals surface area contributed by atoms with Gasteiger partial charge in [-0.25, -0.2) is 0 Å². The maximum absolute atomic E-state index is 11.1. The number of nitrogens with zero attached hydrogens (tertiary/aromatic N) is 3. The van der Waals surface area contributed by atoms with Crippen molar-refractivity contribution >= 4 is 16.7 Å². The van der Waals surface area contributed by atoms with Crippen LogP contribution in [0.25, 0.3) is 33.6 Å². The fraction of sp³-hybridized carbons (Fsp3) is 0.269. The maximum atomic E-state index is 11.1. The highest BCUT2D eigenvalue weighted by atomic mass is 16.5. The van der Waals surface area contributed by atoms with E-state index >= 15 is 0 Å². The molecule has 0 unspecified atom stereocenters. The first kappa shape index (κ1) is 21.2. The molecule has 4 aromatic rings. The molecule has 0 bridgehead atoms. The van der Waals surface area contributed by atoms with Gasteiger partial charge in [0.15, 0.2) is 0 Å². The molecule has 0 radical (unpaired) electrons. The Labute approximate surface area is 191 Å². The van der Waals surface area contributed by atoms with Crippen LogP contribution in [-0.2, 0) is 11.3 Å². The third kappa shape index (κ3) is 4.32. The van der Waals surface area contributed by atoms with Crippen LogP contribution in [0, 0.1) is 5.92 Å². The Morgan fingerprint density at radius 1 is 1.09 bits per heavy atom. The number of aliphatic carboxylic acids is 1. The summed E-state index contributed by atoms with van der Waals surface area (Å²) in [6.07, 6.45) is 0.961. The highest BCUT2D eigenvalue weighted by Gasteiger charge is 2.32. The van der Waals surface area contributed by atoms with Gasteiger partial charge in [-0.15, -0.1) is 0 Å². The van der Waals surface area contributed by atoms with Gasteiger partial charge in [0, 0.05) is 30.8 Å². The summed E-state index contributed by atoms with van der Waals surface area (Å²) >= 11 is 0. The van der Waals surface area contributed by atoms with Gasteiger partial charge in [0.05, 0.1) is 12.5 Å². The average molecular weight is 444 g/mol. The van der Waals surface area contributed by atoms with E-state index in [0.717, 1.165) is 39.6 Å². The van der Waals surface area contributed by atoms with E-state index in [1.54, 1.807) is 0 Å². The van der Waals surface area contributed by atoms with Gasteiger partial charge < -0.3 is 14.4 Å². The number of carbonyl (C=O) groups is 1. The summed E-state index contributed by atoms with van der Waals surface area (Å²) in [6.45, 7) is 4.65. The molecule has 1 N–H and O–H groups in total. The van der Waals surface area contributed by atoms with E-state index in [1.165, 1.54) is 0 Å². The largest absolute Gasteiger partial charge is 0.494 e. The molecule has 168 valence electrons. The second kappa shape index (κ2) is 9.03. The number of ether oxygens (including phenoxy) is 1. The van der Waals surface area contributed by atoms with Gasteiger partial charge in [0.25, 0.3) is 5.89 Å². The van der Waals surface area contributed by atoms with Crippen LogP contribution < -0.4 is 4.74 Å². The fourth-order valence-corrected chi connectivity index (χ4v) is 4.15. The molecular formula is C26H25N3O4. The molecule has 1 saturated heterocycles. The first-order chi connectivity index (χ1) is 16.1. The van der Waals surface area contributed by atoms with Gasteiger partial charge in [0.1, 0.15) is 5.75 Å². The monoisotopic (exact) mass is 443 g/mol. The molecule has 1 aromatic heterocycles. The molecule has 33 heavy (non-hydrogen) atoms. The van der Waals surface area contributed by atoms with E-state index in [0.29, 0.717) is 38.0 Å². The molecule has 0 amide bonds. The zero-order valence-corrected chi connectivity index (χ0v) is 18.4. The second-order valence-corrected chi connectivity index (χ2v) is 8.34. The Morgan fingerprint density at radius 2 is 1.85 bits per heavy atom. The van der Waals surface area contributed by atoms with Gasteiger partial charge >= 0.3 is 5.97 Å². The quantitative estimate of drug-likeness (QED) is 0.416. The molecule has 0 saturated carbocycles. The van der Waals surface area contributed by atoms with Crippen LogP contribution in [0.3, 0.4) is 0 Å². The lowest BCUT2D eigenvalue weighted by Crippen LogP contribution is -2.49. The van der Waals surface area contributed by atoms with Crippen LogP contribution in [-0.4, -0.2) is 45.8 Å². The van der Waals surface area contributed by atoms with Gasteiger partial charge in [-0.05, 0) is 47.0 Å². The summed E-state index contributed by atoms with van der Waals surface area (Å²) < 4.78 is 11.2. The molecule has 0 aliphatic carbocycles. The lowest BCUT2D eigenvalue weighted by Gasteiger charge is -2.36. The van der Waals surface area contributed by atoms with E-state index in [2.05, 4.69) is 40.2 Å². The molecule has 1 aliphatic heterocycles. The Hall–Kier alpha value is -3.71. The van der Waals surface area contributed by atoms with E-state index in [9.17, 15) is 4.79 Å². The van der Waals surface area contributed by atoms with Crippen molar-refractivity contribution < 1.29 is 19.2 Å². The topological polar surface area (TPSA) is 88.7 Å². The predicted molar refractivity (Wildman–Crippen MR) is 125 cm³/mol. The number of hydrogen-bond acceptors (Lipinski definition) is 6. The molecule has 7 heteroatoms. The summed E-state index contributed by atoms with van der Waals surface area (Å²) in [5, 5.41) is 15.5. The third-order valence-corrected chi connectivity index (χ3v) is 5.96. The molecule has 1 fully saturated rings. The number of likely N-dealkylation sites (tertiary alicyclic amines) is 1. The second-order valence-electron chi connectivity index (χ2n) is 8.34. The average Bonchev–Trinajstić information content (AvgIpc) is 3.29. The first-order valence-corrected chi connectivity index (χ1v) is 11.2. The molecule has 3 aromatic carbocycles. The van der Waals surface area contributed by atoms with Crippen molar-refractivity contribution in [3.63, 3.8) is 0 Å². The van der Waals surface area contributed by atoms with Crippen molar-refractivity contribution in [2.75, 3.05) is 19.7 Å². The van der Waals surface area contributed by atoms with Gasteiger partial charge in [-0.3, -0.25) is 9.69 Å². The number of rotatable bonds is 8. The minimum Gasteiger partial charge on any atom is -0.494 e. The highest BCUT2D eigenvalue weighted by Crippen LogP contribution is 2.32. The number of carboxylic acid groups (broad SMARTS) is 1. The van der Waals surface area contributed by atoms with Gasteiger partial charge in [-0.1, -0.05) is 48.5 Å². The summed E-state index contributed by atoms with van der Waals surface area (Å²) in [7, 11) is 0. The van der Waals surface area contributed by atoms with Crippen LogP contribution in [0.2, 0.25) is 0 Å². The standard InChI is InChI=1S/C26H25N3O4/c1-2-13-32-20-10-7-17(8-11-20)25-27-24(28-33-25)23-12-9-18(21-5-3-4-6-22(21)23)14-29-15-19(16-29)26(30)31/h3-12,19H,2,13-16H2,1H3,(H,30,31). The first-order valence-electron chi connectivity index (χ1n) is 11.2. The molecule has 7 nitrogen and oxygen atoms in total. The summed E-state index contributed by atoms with van der Waals surface area (Å²) in [5.74, 6) is 0.830.